The minimum atomic E-state index is -0.650. The number of rotatable bonds is 2. The summed E-state index contributed by atoms with van der Waals surface area (Å²) in [6.07, 6.45) is 0. The second-order valence-electron chi connectivity index (χ2n) is 5.21. The van der Waals surface area contributed by atoms with Crippen LogP contribution in [0.5, 0.6) is 5.75 Å². The van der Waals surface area contributed by atoms with Crippen LogP contribution in [0.3, 0.4) is 0 Å². The minimum Gasteiger partial charge on any atom is -0.496 e. The van der Waals surface area contributed by atoms with Crippen LogP contribution in [0.2, 0.25) is 0 Å². The lowest BCUT2D eigenvalue weighted by Gasteiger charge is -2.21. The summed E-state index contributed by atoms with van der Waals surface area (Å²) in [5, 5.41) is 0. The van der Waals surface area contributed by atoms with Crippen molar-refractivity contribution in [3.63, 3.8) is 0 Å². The predicted octanol–water partition coefficient (Wildman–Crippen LogP) is 3.41. The molecule has 1 rings (SSSR count). The van der Waals surface area contributed by atoms with Gasteiger partial charge in [0.2, 0.25) is 0 Å². The molecule has 0 N–H and O–H groups in total. The lowest BCUT2D eigenvalue weighted by atomic mass is 10.0. The molecule has 0 saturated heterocycles. The van der Waals surface area contributed by atoms with Gasteiger partial charge in [-0.3, -0.25) is 0 Å². The second-order valence-corrected chi connectivity index (χ2v) is 5.21. The van der Waals surface area contributed by atoms with Crippen LogP contribution in [0, 0.1) is 19.7 Å². The molecule has 18 heavy (non-hydrogen) atoms. The van der Waals surface area contributed by atoms with Crippen molar-refractivity contribution >= 4 is 5.97 Å². The zero-order valence-corrected chi connectivity index (χ0v) is 11.7. The van der Waals surface area contributed by atoms with Crippen molar-refractivity contribution in [2.45, 2.75) is 40.2 Å². The molecule has 0 saturated carbocycles. The third-order valence-electron chi connectivity index (χ3n) is 2.48. The number of carbonyl (C=O) groups is 1. The van der Waals surface area contributed by atoms with Gasteiger partial charge in [0.25, 0.3) is 0 Å². The quantitative estimate of drug-likeness (QED) is 0.759. The van der Waals surface area contributed by atoms with E-state index in [-0.39, 0.29) is 5.56 Å². The minimum absolute atomic E-state index is 0.0248. The zero-order valence-electron chi connectivity index (χ0n) is 11.7. The second kappa shape index (κ2) is 4.96. The highest BCUT2D eigenvalue weighted by Crippen LogP contribution is 2.28. The van der Waals surface area contributed by atoms with E-state index in [0.29, 0.717) is 16.9 Å². The van der Waals surface area contributed by atoms with E-state index in [1.807, 2.05) is 0 Å². The van der Waals surface area contributed by atoms with Gasteiger partial charge in [-0.05, 0) is 46.2 Å². The number of methoxy groups -OCH3 is 1. The third kappa shape index (κ3) is 3.00. The summed E-state index contributed by atoms with van der Waals surface area (Å²) in [5.41, 5.74) is 0.139. The van der Waals surface area contributed by atoms with Crippen molar-refractivity contribution in [3.8, 4) is 5.75 Å². The summed E-state index contributed by atoms with van der Waals surface area (Å²) >= 11 is 0. The van der Waals surface area contributed by atoms with Crippen LogP contribution < -0.4 is 4.74 Å². The molecule has 0 radical (unpaired) electrons. The first-order valence-corrected chi connectivity index (χ1v) is 5.74. The molecule has 0 spiro atoms. The number of hydrogen-bond donors (Lipinski definition) is 0. The van der Waals surface area contributed by atoms with Crippen molar-refractivity contribution in [2.24, 2.45) is 0 Å². The summed E-state index contributed by atoms with van der Waals surface area (Å²) in [4.78, 5) is 12.0. The number of benzene rings is 1. The number of aryl methyl sites for hydroxylation is 1. The maximum atomic E-state index is 14.2. The highest BCUT2D eigenvalue weighted by molar-refractivity contribution is 5.92. The van der Waals surface area contributed by atoms with Crippen LogP contribution >= 0.6 is 0 Å². The molecule has 4 heteroatoms. The molecule has 0 aromatic heterocycles. The maximum Gasteiger partial charge on any atom is 0.341 e. The molecule has 3 nitrogen and oxygen atoms in total. The molecule has 0 aliphatic heterocycles. The fourth-order valence-corrected chi connectivity index (χ4v) is 1.64. The average molecular weight is 254 g/mol. The molecular formula is C14H19FO3. The molecule has 0 unspecified atom stereocenters. The van der Waals surface area contributed by atoms with E-state index in [4.69, 9.17) is 9.47 Å². The largest absolute Gasteiger partial charge is 0.496 e. The van der Waals surface area contributed by atoms with Crippen molar-refractivity contribution in [2.75, 3.05) is 7.11 Å². The monoisotopic (exact) mass is 254 g/mol. The molecule has 0 heterocycles. The molecule has 100 valence electrons. The van der Waals surface area contributed by atoms with E-state index in [0.717, 1.165) is 0 Å². The van der Waals surface area contributed by atoms with Crippen LogP contribution in [0.25, 0.3) is 0 Å². The Morgan fingerprint density at radius 1 is 1.28 bits per heavy atom. The van der Waals surface area contributed by atoms with E-state index in [2.05, 4.69) is 0 Å². The van der Waals surface area contributed by atoms with Crippen LogP contribution in [0.4, 0.5) is 4.39 Å². The molecule has 1 aromatic carbocycles. The standard InChI is InChI=1S/C14H19FO3/c1-8-7-10(17-6)9(2)12(15)11(8)13(16)18-14(3,4)5/h7H,1-6H3. The first-order valence-electron chi connectivity index (χ1n) is 5.74. The topological polar surface area (TPSA) is 35.5 Å². The third-order valence-corrected chi connectivity index (χ3v) is 2.48. The van der Waals surface area contributed by atoms with Gasteiger partial charge in [0.1, 0.15) is 17.2 Å². The normalized spacial score (nSPS) is 11.3. The van der Waals surface area contributed by atoms with Crippen LogP contribution in [-0.4, -0.2) is 18.7 Å². The molecule has 0 amide bonds. The summed E-state index contributed by atoms with van der Waals surface area (Å²) in [6, 6.07) is 1.64. The Labute approximate surface area is 107 Å². The zero-order chi connectivity index (χ0) is 14.1. The van der Waals surface area contributed by atoms with Crippen molar-refractivity contribution < 1.29 is 18.7 Å². The SMILES string of the molecule is COc1cc(C)c(C(=O)OC(C)(C)C)c(F)c1C. The number of esters is 1. The lowest BCUT2D eigenvalue weighted by molar-refractivity contribution is 0.00636. The van der Waals surface area contributed by atoms with E-state index >= 15 is 0 Å². The predicted molar refractivity (Wildman–Crippen MR) is 67.6 cm³/mol. The first kappa shape index (κ1) is 14.5. The summed E-state index contributed by atoms with van der Waals surface area (Å²) < 4.78 is 24.4. The maximum absolute atomic E-state index is 14.2. The molecule has 0 bridgehead atoms. The summed E-state index contributed by atoms with van der Waals surface area (Å²) in [7, 11) is 1.47. The van der Waals surface area contributed by atoms with Crippen LogP contribution in [0.15, 0.2) is 6.07 Å². The van der Waals surface area contributed by atoms with Gasteiger partial charge in [-0.25, -0.2) is 9.18 Å². The van der Waals surface area contributed by atoms with Gasteiger partial charge in [-0.2, -0.15) is 0 Å². The number of hydrogen-bond acceptors (Lipinski definition) is 3. The fourth-order valence-electron chi connectivity index (χ4n) is 1.64. The van der Waals surface area contributed by atoms with Gasteiger partial charge in [0.15, 0.2) is 0 Å². The van der Waals surface area contributed by atoms with Crippen molar-refractivity contribution in [1.82, 2.24) is 0 Å². The molecule has 0 aliphatic carbocycles. The molecular weight excluding hydrogens is 235 g/mol. The fraction of sp³-hybridized carbons (Fsp3) is 0.500. The van der Waals surface area contributed by atoms with Gasteiger partial charge in [0.05, 0.1) is 12.7 Å². The lowest BCUT2D eigenvalue weighted by Crippen LogP contribution is -2.25. The van der Waals surface area contributed by atoms with Gasteiger partial charge < -0.3 is 9.47 Å². The van der Waals surface area contributed by atoms with E-state index in [1.165, 1.54) is 7.11 Å². The van der Waals surface area contributed by atoms with Crippen molar-refractivity contribution in [3.05, 3.63) is 28.6 Å². The first-order chi connectivity index (χ1) is 8.17. The highest BCUT2D eigenvalue weighted by atomic mass is 19.1. The highest BCUT2D eigenvalue weighted by Gasteiger charge is 2.25. The molecule has 0 fully saturated rings. The molecule has 0 atom stereocenters. The Kier molecular flexibility index (Phi) is 3.99. The summed E-state index contributed by atoms with van der Waals surface area (Å²) in [6.45, 7) is 8.46. The van der Waals surface area contributed by atoms with Gasteiger partial charge in [-0.15, -0.1) is 0 Å². The van der Waals surface area contributed by atoms with Crippen molar-refractivity contribution in [1.29, 1.82) is 0 Å². The summed E-state index contributed by atoms with van der Waals surface area (Å²) in [5.74, 6) is -0.804. The Morgan fingerprint density at radius 2 is 1.83 bits per heavy atom. The Bertz CT molecular complexity index is 473. The molecule has 0 aliphatic rings. The van der Waals surface area contributed by atoms with Gasteiger partial charge >= 0.3 is 5.97 Å². The van der Waals surface area contributed by atoms with E-state index in [1.54, 1.807) is 40.7 Å². The number of carbonyl (C=O) groups excluding carboxylic acids is 1. The Balaban J connectivity index is 3.26. The number of halogens is 1. The Hall–Kier alpha value is -1.58. The van der Waals surface area contributed by atoms with E-state index in [9.17, 15) is 9.18 Å². The van der Waals surface area contributed by atoms with Gasteiger partial charge in [0, 0.05) is 5.56 Å². The number of ether oxygens (including phenoxy) is 2. The van der Waals surface area contributed by atoms with Crippen LogP contribution in [-0.2, 0) is 4.74 Å². The van der Waals surface area contributed by atoms with E-state index < -0.39 is 17.4 Å². The average Bonchev–Trinajstić information content (AvgIpc) is 2.20. The Morgan fingerprint density at radius 3 is 2.28 bits per heavy atom. The van der Waals surface area contributed by atoms with Crippen LogP contribution in [0.1, 0.15) is 42.3 Å². The van der Waals surface area contributed by atoms with Gasteiger partial charge in [-0.1, -0.05) is 0 Å². The molecule has 1 aromatic rings. The smallest absolute Gasteiger partial charge is 0.341 e.